The Morgan fingerprint density at radius 3 is 2.58 bits per heavy atom. The van der Waals surface area contributed by atoms with Crippen LogP contribution >= 0.6 is 0 Å². The molecule has 3 rings (SSSR count). The molecule has 1 saturated heterocycles. The molecule has 1 atom stereocenters. The predicted octanol–water partition coefficient (Wildman–Crippen LogP) is 2.00. The van der Waals surface area contributed by atoms with E-state index in [2.05, 4.69) is 23.6 Å². The monoisotopic (exact) mass is 334 g/mol. The second-order valence-corrected chi connectivity index (χ2v) is 6.73. The van der Waals surface area contributed by atoms with Gasteiger partial charge in [0.05, 0.1) is 12.8 Å². The third-order valence-electron chi connectivity index (χ3n) is 4.95. The smallest absolute Gasteiger partial charge is 0.344 e. The van der Waals surface area contributed by atoms with Crippen LogP contribution in [0.15, 0.2) is 12.1 Å². The van der Waals surface area contributed by atoms with Crippen LogP contribution in [-0.2, 0) is 11.2 Å². The first kappa shape index (κ1) is 16.9. The molecule has 0 aliphatic carbocycles. The van der Waals surface area contributed by atoms with Crippen molar-refractivity contribution in [2.24, 2.45) is 0 Å². The number of ether oxygens (including phenoxy) is 2. The van der Waals surface area contributed by atoms with E-state index < -0.39 is 12.1 Å². The van der Waals surface area contributed by atoms with Gasteiger partial charge in [-0.1, -0.05) is 0 Å². The van der Waals surface area contributed by atoms with Gasteiger partial charge in [0, 0.05) is 43.9 Å². The van der Waals surface area contributed by atoms with Crippen LogP contribution in [0.5, 0.6) is 11.5 Å². The summed E-state index contributed by atoms with van der Waals surface area (Å²) in [4.78, 5) is 16.1. The maximum Gasteiger partial charge on any atom is 0.344 e. The third kappa shape index (κ3) is 3.29. The fraction of sp³-hybridized carbons (Fsp3) is 0.611. The summed E-state index contributed by atoms with van der Waals surface area (Å²) in [7, 11) is 1.66. The van der Waals surface area contributed by atoms with Crippen molar-refractivity contribution in [3.05, 3.63) is 17.7 Å². The van der Waals surface area contributed by atoms with Crippen molar-refractivity contribution in [1.82, 2.24) is 4.90 Å². The van der Waals surface area contributed by atoms with Gasteiger partial charge in [-0.25, -0.2) is 4.79 Å². The number of carboxylic acids is 1. The zero-order valence-corrected chi connectivity index (χ0v) is 14.6. The van der Waals surface area contributed by atoms with Crippen LogP contribution in [0.3, 0.4) is 0 Å². The molecule has 2 aliphatic rings. The molecule has 24 heavy (non-hydrogen) atoms. The van der Waals surface area contributed by atoms with Crippen LogP contribution in [0.1, 0.15) is 25.8 Å². The van der Waals surface area contributed by atoms with Gasteiger partial charge in [0.15, 0.2) is 6.10 Å². The molecule has 0 radical (unpaired) electrons. The van der Waals surface area contributed by atoms with Crippen molar-refractivity contribution in [2.75, 3.05) is 38.2 Å². The van der Waals surface area contributed by atoms with Crippen molar-refractivity contribution in [3.8, 4) is 11.5 Å². The molecule has 0 spiro atoms. The molecule has 6 heteroatoms. The number of carbonyl (C=O) groups is 1. The number of methoxy groups -OCH3 is 1. The predicted molar refractivity (Wildman–Crippen MR) is 92.3 cm³/mol. The summed E-state index contributed by atoms with van der Waals surface area (Å²) in [6, 6.07) is 4.47. The first-order chi connectivity index (χ1) is 11.5. The Hall–Kier alpha value is -1.95. The summed E-state index contributed by atoms with van der Waals surface area (Å²) in [5.41, 5.74) is 1.99. The topological polar surface area (TPSA) is 62.2 Å². The molecular weight excluding hydrogens is 308 g/mol. The highest BCUT2D eigenvalue weighted by Crippen LogP contribution is 2.41. The van der Waals surface area contributed by atoms with Crippen LogP contribution in [0.2, 0.25) is 0 Å². The minimum atomic E-state index is -0.896. The lowest BCUT2D eigenvalue weighted by molar-refractivity contribution is -0.145. The third-order valence-corrected chi connectivity index (χ3v) is 4.95. The lowest BCUT2D eigenvalue weighted by Gasteiger charge is -2.39. The lowest BCUT2D eigenvalue weighted by atomic mass is 10.00. The van der Waals surface area contributed by atoms with Gasteiger partial charge in [0.25, 0.3) is 0 Å². The van der Waals surface area contributed by atoms with E-state index in [0.717, 1.165) is 43.2 Å². The van der Waals surface area contributed by atoms with Crippen LogP contribution in [0.4, 0.5) is 5.69 Å². The standard InChI is InChI=1S/C18H26N2O4/c1-12(2)19-6-8-20(9-7-19)15-11-14(23-3)10-13-4-5-16(18(21)22)24-17(13)15/h10-12,16H,4-9H2,1-3H3,(H,21,22). The number of aliphatic carboxylic acids is 1. The van der Waals surface area contributed by atoms with Gasteiger partial charge in [0.2, 0.25) is 0 Å². The molecule has 1 unspecified atom stereocenters. The van der Waals surface area contributed by atoms with Crippen molar-refractivity contribution in [2.45, 2.75) is 38.8 Å². The number of carboxylic acid groups (broad SMARTS) is 1. The molecule has 2 aliphatic heterocycles. The van der Waals surface area contributed by atoms with E-state index in [1.807, 2.05) is 12.1 Å². The molecule has 0 saturated carbocycles. The Kier molecular flexibility index (Phi) is 4.85. The molecule has 2 heterocycles. The second kappa shape index (κ2) is 6.89. The first-order valence-electron chi connectivity index (χ1n) is 8.59. The number of nitrogens with zero attached hydrogens (tertiary/aromatic N) is 2. The van der Waals surface area contributed by atoms with Crippen LogP contribution in [0.25, 0.3) is 0 Å². The summed E-state index contributed by atoms with van der Waals surface area (Å²) >= 11 is 0. The van der Waals surface area contributed by atoms with Crippen molar-refractivity contribution in [1.29, 1.82) is 0 Å². The Bertz CT molecular complexity index is 609. The minimum absolute atomic E-state index is 0.496. The van der Waals surface area contributed by atoms with Gasteiger partial charge in [-0.2, -0.15) is 0 Å². The van der Waals surface area contributed by atoms with Crippen molar-refractivity contribution >= 4 is 11.7 Å². The summed E-state index contributed by atoms with van der Waals surface area (Å²) in [5.74, 6) is 0.618. The molecule has 0 amide bonds. The first-order valence-corrected chi connectivity index (χ1v) is 8.59. The average molecular weight is 334 g/mol. The number of aryl methyl sites for hydroxylation is 1. The van der Waals surface area contributed by atoms with E-state index in [1.165, 1.54) is 0 Å². The number of benzene rings is 1. The van der Waals surface area contributed by atoms with Gasteiger partial charge < -0.3 is 19.5 Å². The molecule has 0 aromatic heterocycles. The number of anilines is 1. The average Bonchev–Trinajstić information content (AvgIpc) is 2.60. The summed E-state index contributed by atoms with van der Waals surface area (Å²) in [6.45, 7) is 8.21. The largest absolute Gasteiger partial charge is 0.497 e. The highest BCUT2D eigenvalue weighted by molar-refractivity contribution is 5.75. The Balaban J connectivity index is 1.88. The molecule has 132 valence electrons. The lowest BCUT2D eigenvalue weighted by Crippen LogP contribution is -2.49. The molecule has 1 fully saturated rings. The Morgan fingerprint density at radius 1 is 1.29 bits per heavy atom. The van der Waals surface area contributed by atoms with E-state index >= 15 is 0 Å². The van der Waals surface area contributed by atoms with Crippen molar-refractivity contribution < 1.29 is 19.4 Å². The Labute approximate surface area is 143 Å². The number of fused-ring (bicyclic) bond motifs is 1. The van der Waals surface area contributed by atoms with Gasteiger partial charge in [-0.05, 0) is 32.8 Å². The van der Waals surface area contributed by atoms with Crippen molar-refractivity contribution in [3.63, 3.8) is 0 Å². The van der Waals surface area contributed by atoms with Gasteiger partial charge in [-0.15, -0.1) is 0 Å². The van der Waals surface area contributed by atoms with Gasteiger partial charge >= 0.3 is 5.97 Å². The molecule has 1 N–H and O–H groups in total. The second-order valence-electron chi connectivity index (χ2n) is 6.73. The molecule has 1 aromatic carbocycles. The quantitative estimate of drug-likeness (QED) is 0.909. The molecule has 0 bridgehead atoms. The van der Waals surface area contributed by atoms with E-state index in [0.29, 0.717) is 24.6 Å². The molecular formula is C18H26N2O4. The SMILES string of the molecule is COc1cc2c(c(N3CCN(C(C)C)CC3)c1)OC(C(=O)O)CC2. The highest BCUT2D eigenvalue weighted by atomic mass is 16.5. The summed E-state index contributed by atoms with van der Waals surface area (Å²) in [5, 5.41) is 9.29. The van der Waals surface area contributed by atoms with Crippen LogP contribution in [0, 0.1) is 0 Å². The normalized spacial score (nSPS) is 21.3. The van der Waals surface area contributed by atoms with Crippen LogP contribution < -0.4 is 14.4 Å². The highest BCUT2D eigenvalue weighted by Gasteiger charge is 2.30. The van der Waals surface area contributed by atoms with E-state index in [-0.39, 0.29) is 0 Å². The number of hydrogen-bond donors (Lipinski definition) is 1. The zero-order chi connectivity index (χ0) is 17.3. The zero-order valence-electron chi connectivity index (χ0n) is 14.6. The molecule has 6 nitrogen and oxygen atoms in total. The maximum absolute atomic E-state index is 11.3. The fourth-order valence-electron chi connectivity index (χ4n) is 3.46. The summed E-state index contributed by atoms with van der Waals surface area (Å²) < 4.78 is 11.3. The van der Waals surface area contributed by atoms with Gasteiger partial charge in [0.1, 0.15) is 11.5 Å². The fourth-order valence-corrected chi connectivity index (χ4v) is 3.46. The number of rotatable bonds is 4. The maximum atomic E-state index is 11.3. The summed E-state index contributed by atoms with van der Waals surface area (Å²) in [6.07, 6.45) is 0.431. The van der Waals surface area contributed by atoms with E-state index in [9.17, 15) is 9.90 Å². The van der Waals surface area contributed by atoms with E-state index in [4.69, 9.17) is 9.47 Å². The number of piperazine rings is 1. The van der Waals surface area contributed by atoms with E-state index in [1.54, 1.807) is 7.11 Å². The Morgan fingerprint density at radius 2 is 2.00 bits per heavy atom. The van der Waals surface area contributed by atoms with Gasteiger partial charge in [-0.3, -0.25) is 4.90 Å². The van der Waals surface area contributed by atoms with Crippen LogP contribution in [-0.4, -0.2) is 61.4 Å². The minimum Gasteiger partial charge on any atom is -0.497 e. The molecule has 1 aromatic rings. The number of hydrogen-bond acceptors (Lipinski definition) is 5.